The van der Waals surface area contributed by atoms with E-state index in [-0.39, 0.29) is 11.9 Å². The van der Waals surface area contributed by atoms with Crippen LogP contribution in [0, 0.1) is 0 Å². The van der Waals surface area contributed by atoms with Crippen LogP contribution in [0.15, 0.2) is 34.1 Å². The summed E-state index contributed by atoms with van der Waals surface area (Å²) in [5, 5.41) is 6.42. The molecule has 0 spiro atoms. The highest BCUT2D eigenvalue weighted by molar-refractivity contribution is 9.11. The molecule has 1 amide bonds. The van der Waals surface area contributed by atoms with Crippen LogP contribution in [0.1, 0.15) is 39.3 Å². The van der Waals surface area contributed by atoms with Gasteiger partial charge in [0.2, 0.25) is 0 Å². The molecule has 0 fully saturated rings. The first-order valence-electron chi connectivity index (χ1n) is 7.08. The number of fused-ring (bicyclic) bond motifs is 1. The van der Waals surface area contributed by atoms with E-state index >= 15 is 0 Å². The summed E-state index contributed by atoms with van der Waals surface area (Å²) in [5.74, 6) is 0.0423. The smallest absolute Gasteiger partial charge is 0.251 e. The molecule has 2 N–H and O–H groups in total. The summed E-state index contributed by atoms with van der Waals surface area (Å²) in [4.78, 5) is 13.3. The Kier molecular flexibility index (Phi) is 4.42. The van der Waals surface area contributed by atoms with Gasteiger partial charge in [0, 0.05) is 17.0 Å². The zero-order chi connectivity index (χ0) is 14.8. The Balaban J connectivity index is 2.00. The van der Waals surface area contributed by atoms with E-state index in [4.69, 9.17) is 0 Å². The fourth-order valence-electron chi connectivity index (χ4n) is 2.68. The average Bonchev–Trinajstić information content (AvgIpc) is 2.91. The highest BCUT2D eigenvalue weighted by Crippen LogP contribution is 2.32. The number of thiophene rings is 1. The Morgan fingerprint density at radius 1 is 1.38 bits per heavy atom. The highest BCUT2D eigenvalue weighted by atomic mass is 79.9. The van der Waals surface area contributed by atoms with Crippen molar-refractivity contribution in [3.8, 4) is 0 Å². The van der Waals surface area contributed by atoms with E-state index in [2.05, 4.69) is 57.8 Å². The molecule has 1 unspecified atom stereocenters. The van der Waals surface area contributed by atoms with Gasteiger partial charge in [-0.25, -0.2) is 0 Å². The summed E-state index contributed by atoms with van der Waals surface area (Å²) < 4.78 is 1.12. The molecule has 21 heavy (non-hydrogen) atoms. The van der Waals surface area contributed by atoms with Crippen LogP contribution in [-0.2, 0) is 6.42 Å². The first-order chi connectivity index (χ1) is 10.2. The minimum Gasteiger partial charge on any atom is -0.352 e. The first-order valence-corrected chi connectivity index (χ1v) is 8.69. The average molecular weight is 365 g/mol. The lowest BCUT2D eigenvalue weighted by atomic mass is 9.94. The molecule has 3 rings (SSSR count). The summed E-state index contributed by atoms with van der Waals surface area (Å²) in [6.45, 7) is 3.71. The fraction of sp³-hybridized carbons (Fsp3) is 0.312. The number of carbonyl (C=O) groups is 1. The predicted octanol–water partition coefficient (Wildman–Crippen LogP) is 3.50. The number of carbonyl (C=O) groups excluding carboxylic acids is 1. The minimum atomic E-state index is 0.0423. The van der Waals surface area contributed by atoms with Gasteiger partial charge in [0.15, 0.2) is 0 Å². The van der Waals surface area contributed by atoms with Crippen molar-refractivity contribution in [1.29, 1.82) is 0 Å². The van der Waals surface area contributed by atoms with E-state index in [9.17, 15) is 4.79 Å². The number of halogens is 1. The number of amides is 1. The minimum absolute atomic E-state index is 0.0423. The molecule has 1 aliphatic heterocycles. The van der Waals surface area contributed by atoms with E-state index in [0.29, 0.717) is 0 Å². The zero-order valence-corrected chi connectivity index (χ0v) is 14.2. The van der Waals surface area contributed by atoms with Crippen LogP contribution in [0.5, 0.6) is 0 Å². The molecule has 1 aromatic carbocycles. The quantitative estimate of drug-likeness (QED) is 0.871. The summed E-state index contributed by atoms with van der Waals surface area (Å²) in [5.41, 5.74) is 3.10. The summed E-state index contributed by atoms with van der Waals surface area (Å²) >= 11 is 5.24. The molecule has 5 heteroatoms. The topological polar surface area (TPSA) is 41.1 Å². The maximum absolute atomic E-state index is 12.0. The number of hydrogen-bond acceptors (Lipinski definition) is 3. The van der Waals surface area contributed by atoms with Crippen LogP contribution in [0.2, 0.25) is 0 Å². The SMILES string of the molecule is CCNC(c1ccc2c(c1)C(=O)NCC2)c1ccc(Br)s1. The summed E-state index contributed by atoms with van der Waals surface area (Å²) in [7, 11) is 0. The second kappa shape index (κ2) is 6.30. The van der Waals surface area contributed by atoms with Gasteiger partial charge in [0.05, 0.1) is 9.83 Å². The lowest BCUT2D eigenvalue weighted by molar-refractivity contribution is 0.0946. The molecule has 1 atom stereocenters. The van der Waals surface area contributed by atoms with Gasteiger partial charge in [0.25, 0.3) is 5.91 Å². The fourth-order valence-corrected chi connectivity index (χ4v) is 4.21. The molecule has 0 saturated heterocycles. The van der Waals surface area contributed by atoms with Crippen molar-refractivity contribution in [2.24, 2.45) is 0 Å². The normalized spacial score (nSPS) is 15.4. The van der Waals surface area contributed by atoms with Crippen LogP contribution in [0.4, 0.5) is 0 Å². The third kappa shape index (κ3) is 3.05. The Labute approximate surface area is 136 Å². The van der Waals surface area contributed by atoms with E-state index in [0.717, 1.165) is 40.0 Å². The van der Waals surface area contributed by atoms with Gasteiger partial charge in [-0.1, -0.05) is 19.1 Å². The molecular formula is C16H17BrN2OS. The number of rotatable bonds is 4. The molecule has 3 nitrogen and oxygen atoms in total. The Bertz CT molecular complexity index is 668. The first kappa shape index (κ1) is 14.8. The molecule has 0 saturated carbocycles. The molecule has 2 aromatic rings. The van der Waals surface area contributed by atoms with Crippen molar-refractivity contribution in [2.75, 3.05) is 13.1 Å². The van der Waals surface area contributed by atoms with Gasteiger partial charge >= 0.3 is 0 Å². The molecule has 0 bridgehead atoms. The third-order valence-corrected chi connectivity index (χ3v) is 5.37. The monoisotopic (exact) mass is 364 g/mol. The van der Waals surface area contributed by atoms with Crippen LogP contribution >= 0.6 is 27.3 Å². The number of hydrogen-bond donors (Lipinski definition) is 2. The molecule has 2 heterocycles. The summed E-state index contributed by atoms with van der Waals surface area (Å²) in [6, 6.07) is 10.6. The molecule has 0 radical (unpaired) electrons. The lowest BCUT2D eigenvalue weighted by Crippen LogP contribution is -2.32. The van der Waals surface area contributed by atoms with Crippen LogP contribution in [0.3, 0.4) is 0 Å². The molecule has 1 aliphatic rings. The maximum Gasteiger partial charge on any atom is 0.251 e. The van der Waals surface area contributed by atoms with E-state index < -0.39 is 0 Å². The largest absolute Gasteiger partial charge is 0.352 e. The van der Waals surface area contributed by atoms with Crippen LogP contribution < -0.4 is 10.6 Å². The van der Waals surface area contributed by atoms with E-state index in [1.54, 1.807) is 11.3 Å². The third-order valence-electron chi connectivity index (χ3n) is 3.68. The van der Waals surface area contributed by atoms with E-state index in [1.807, 2.05) is 6.07 Å². The Morgan fingerprint density at radius 2 is 2.24 bits per heavy atom. The lowest BCUT2D eigenvalue weighted by Gasteiger charge is -2.21. The van der Waals surface area contributed by atoms with Crippen molar-refractivity contribution in [3.05, 3.63) is 55.7 Å². The second-order valence-electron chi connectivity index (χ2n) is 5.06. The van der Waals surface area contributed by atoms with Gasteiger partial charge in [0.1, 0.15) is 0 Å². The summed E-state index contributed by atoms with van der Waals surface area (Å²) in [6.07, 6.45) is 0.914. The second-order valence-corrected chi connectivity index (χ2v) is 7.55. The number of nitrogens with one attached hydrogen (secondary N) is 2. The predicted molar refractivity (Wildman–Crippen MR) is 90.0 cm³/mol. The van der Waals surface area contributed by atoms with Crippen molar-refractivity contribution in [2.45, 2.75) is 19.4 Å². The van der Waals surface area contributed by atoms with Crippen molar-refractivity contribution in [1.82, 2.24) is 10.6 Å². The van der Waals surface area contributed by atoms with Crippen LogP contribution in [-0.4, -0.2) is 19.0 Å². The molecule has 110 valence electrons. The van der Waals surface area contributed by atoms with Crippen LogP contribution in [0.25, 0.3) is 0 Å². The number of benzene rings is 1. The van der Waals surface area contributed by atoms with Gasteiger partial charge in [-0.3, -0.25) is 4.79 Å². The molecule has 0 aliphatic carbocycles. The maximum atomic E-state index is 12.0. The molecular weight excluding hydrogens is 348 g/mol. The molecule has 1 aromatic heterocycles. The Hall–Kier alpha value is -1.17. The van der Waals surface area contributed by atoms with Gasteiger partial charge in [-0.15, -0.1) is 11.3 Å². The van der Waals surface area contributed by atoms with E-state index in [1.165, 1.54) is 4.88 Å². The van der Waals surface area contributed by atoms with Crippen molar-refractivity contribution < 1.29 is 4.79 Å². The van der Waals surface area contributed by atoms with Gasteiger partial charge < -0.3 is 10.6 Å². The van der Waals surface area contributed by atoms with Gasteiger partial charge in [-0.05, 0) is 58.2 Å². The standard InChI is InChI=1S/C16H17BrN2OS/c1-2-18-15(13-5-6-14(17)21-13)11-4-3-10-7-8-19-16(20)12(10)9-11/h3-6,9,15,18H,2,7-8H2,1H3,(H,19,20). The Morgan fingerprint density at radius 3 is 2.95 bits per heavy atom. The van der Waals surface area contributed by atoms with Crippen molar-refractivity contribution in [3.63, 3.8) is 0 Å². The van der Waals surface area contributed by atoms with Gasteiger partial charge in [-0.2, -0.15) is 0 Å². The van der Waals surface area contributed by atoms with Crippen molar-refractivity contribution >= 4 is 33.2 Å². The zero-order valence-electron chi connectivity index (χ0n) is 11.8. The highest BCUT2D eigenvalue weighted by Gasteiger charge is 2.21.